The summed E-state index contributed by atoms with van der Waals surface area (Å²) in [5, 5.41) is 0. The van der Waals surface area contributed by atoms with E-state index in [-0.39, 0.29) is 21.3 Å². The highest BCUT2D eigenvalue weighted by Crippen LogP contribution is 2.63. The Bertz CT molecular complexity index is 547. The lowest BCUT2D eigenvalue weighted by atomic mass is 9.94. The molecule has 176 valence electrons. The number of rotatable bonds is 9. The molecule has 0 aromatic rings. The van der Waals surface area contributed by atoms with Crippen LogP contribution in [0.1, 0.15) is 0 Å². The SMILES string of the molecule is CO[Si](OC)(OC)C(F)(F)C(F)(F)C(F)(F)C(F)(F)C(F)(F)C(F)(F)C(F)(F)F. The molecule has 0 bridgehead atoms. The zero-order valence-electron chi connectivity index (χ0n) is 13.9. The Morgan fingerprint density at radius 3 is 0.897 bits per heavy atom. The van der Waals surface area contributed by atoms with Gasteiger partial charge in [0.05, 0.1) is 0 Å². The Morgan fingerprint density at radius 2 is 0.655 bits per heavy atom. The second-order valence-corrected chi connectivity index (χ2v) is 8.08. The molecule has 0 rings (SSSR count). The zero-order valence-corrected chi connectivity index (χ0v) is 14.9. The van der Waals surface area contributed by atoms with Gasteiger partial charge in [-0.05, 0) is 0 Å². The summed E-state index contributed by atoms with van der Waals surface area (Å²) in [6.45, 7) is 0. The van der Waals surface area contributed by atoms with E-state index in [1.807, 2.05) is 0 Å². The third kappa shape index (κ3) is 3.36. The van der Waals surface area contributed by atoms with Gasteiger partial charge in [0.2, 0.25) is 0 Å². The molecule has 0 aromatic heterocycles. The highest BCUT2D eigenvalue weighted by Gasteiger charge is 2.96. The molecule has 0 spiro atoms. The molecule has 0 amide bonds. The topological polar surface area (TPSA) is 27.7 Å². The minimum absolute atomic E-state index is 0.0614. The van der Waals surface area contributed by atoms with Gasteiger partial charge in [-0.25, -0.2) is 0 Å². The van der Waals surface area contributed by atoms with Gasteiger partial charge in [0.25, 0.3) is 0 Å². The Balaban J connectivity index is 6.80. The number of hydrogen-bond acceptors (Lipinski definition) is 3. The molecule has 0 atom stereocenters. The third-order valence-corrected chi connectivity index (χ3v) is 6.21. The van der Waals surface area contributed by atoms with Gasteiger partial charge < -0.3 is 13.3 Å². The van der Waals surface area contributed by atoms with E-state index in [0.29, 0.717) is 0 Å². The summed E-state index contributed by atoms with van der Waals surface area (Å²) >= 11 is 0. The van der Waals surface area contributed by atoms with Crippen molar-refractivity contribution in [3.8, 4) is 0 Å². The second-order valence-electron chi connectivity index (χ2n) is 5.11. The summed E-state index contributed by atoms with van der Waals surface area (Å²) in [5.74, 6) is -40.7. The van der Waals surface area contributed by atoms with Crippen molar-refractivity contribution in [2.24, 2.45) is 0 Å². The van der Waals surface area contributed by atoms with Gasteiger partial charge in [-0.15, -0.1) is 0 Å². The van der Waals surface area contributed by atoms with Crippen LogP contribution in [0.25, 0.3) is 0 Å². The fourth-order valence-corrected chi connectivity index (χ4v) is 3.60. The van der Waals surface area contributed by atoms with Crippen molar-refractivity contribution in [2.75, 3.05) is 21.3 Å². The van der Waals surface area contributed by atoms with Gasteiger partial charge in [0.15, 0.2) is 0 Å². The van der Waals surface area contributed by atoms with Crippen LogP contribution >= 0.6 is 0 Å². The first-order valence-corrected chi connectivity index (χ1v) is 8.15. The molecule has 0 unspecified atom stereocenters. The predicted octanol–water partition coefficient (Wildman–Crippen LogP) is 4.78. The van der Waals surface area contributed by atoms with Gasteiger partial charge in [-0.2, -0.15) is 65.9 Å². The normalized spacial score (nSPS) is 16.3. The molecule has 0 N–H and O–H groups in total. The molecule has 0 fully saturated rings. The van der Waals surface area contributed by atoms with Crippen molar-refractivity contribution in [1.82, 2.24) is 0 Å². The first-order valence-electron chi connectivity index (χ1n) is 6.42. The van der Waals surface area contributed by atoms with Crippen LogP contribution in [0.3, 0.4) is 0 Å². The van der Waals surface area contributed by atoms with Crippen LogP contribution in [-0.4, -0.2) is 71.5 Å². The minimum Gasteiger partial charge on any atom is -0.373 e. The van der Waals surface area contributed by atoms with E-state index in [9.17, 15) is 65.9 Å². The first kappa shape index (κ1) is 28.0. The molecule has 19 heteroatoms. The van der Waals surface area contributed by atoms with E-state index in [2.05, 4.69) is 13.3 Å². The van der Waals surface area contributed by atoms with E-state index in [1.54, 1.807) is 0 Å². The maximum atomic E-state index is 13.9. The molecule has 0 aliphatic carbocycles. The van der Waals surface area contributed by atoms with Crippen molar-refractivity contribution in [1.29, 1.82) is 0 Å². The fraction of sp³-hybridized carbons (Fsp3) is 1.00. The quantitative estimate of drug-likeness (QED) is 0.344. The Hall–Kier alpha value is -0.953. The lowest BCUT2D eigenvalue weighted by Crippen LogP contribution is -2.77. The van der Waals surface area contributed by atoms with Crippen LogP contribution in [0.2, 0.25) is 0 Å². The van der Waals surface area contributed by atoms with E-state index < -0.39 is 50.1 Å². The number of hydrogen-bond donors (Lipinski definition) is 0. The number of halogens is 15. The third-order valence-electron chi connectivity index (χ3n) is 3.52. The highest BCUT2D eigenvalue weighted by atomic mass is 28.4. The molecule has 0 saturated heterocycles. The summed E-state index contributed by atoms with van der Waals surface area (Å²) in [4.78, 5) is 0. The summed E-state index contributed by atoms with van der Waals surface area (Å²) in [5.41, 5.74) is -6.73. The smallest absolute Gasteiger partial charge is 0.373 e. The lowest BCUT2D eigenvalue weighted by molar-refractivity contribution is -0.449. The van der Waals surface area contributed by atoms with Crippen molar-refractivity contribution in [3.05, 3.63) is 0 Å². The zero-order chi connectivity index (χ0) is 24.1. The summed E-state index contributed by atoms with van der Waals surface area (Å²) in [7, 11) is -6.28. The maximum Gasteiger partial charge on any atom is 0.581 e. The van der Waals surface area contributed by atoms with Crippen molar-refractivity contribution in [2.45, 2.75) is 41.3 Å². The van der Waals surface area contributed by atoms with Crippen molar-refractivity contribution in [3.63, 3.8) is 0 Å². The molecule has 0 aliphatic rings. The number of alkyl halides is 15. The van der Waals surface area contributed by atoms with E-state index in [4.69, 9.17) is 0 Å². The molecule has 0 radical (unpaired) electrons. The molecule has 0 heterocycles. The molecule has 0 aromatic carbocycles. The molecule has 29 heavy (non-hydrogen) atoms. The summed E-state index contributed by atoms with van der Waals surface area (Å²) in [6.07, 6.45) is -7.65. The van der Waals surface area contributed by atoms with Gasteiger partial charge in [-0.1, -0.05) is 0 Å². The van der Waals surface area contributed by atoms with Gasteiger partial charge in [-0.3, -0.25) is 0 Å². The van der Waals surface area contributed by atoms with E-state index >= 15 is 0 Å². The van der Waals surface area contributed by atoms with E-state index in [1.165, 1.54) is 0 Å². The molecular weight excluding hydrogens is 481 g/mol. The monoisotopic (exact) mass is 490 g/mol. The largest absolute Gasteiger partial charge is 0.581 e. The van der Waals surface area contributed by atoms with Gasteiger partial charge in [0.1, 0.15) is 0 Å². The summed E-state index contributed by atoms with van der Waals surface area (Å²) in [6, 6.07) is 0. The van der Waals surface area contributed by atoms with Crippen LogP contribution in [-0.2, 0) is 13.3 Å². The van der Waals surface area contributed by atoms with Gasteiger partial charge >= 0.3 is 50.1 Å². The van der Waals surface area contributed by atoms with Crippen LogP contribution in [0, 0.1) is 0 Å². The average Bonchev–Trinajstić information content (AvgIpc) is 2.54. The second kappa shape index (κ2) is 7.33. The summed E-state index contributed by atoms with van der Waals surface area (Å²) < 4.78 is 207. The van der Waals surface area contributed by atoms with Gasteiger partial charge in [0, 0.05) is 21.3 Å². The Kier molecular flexibility index (Phi) is 7.09. The van der Waals surface area contributed by atoms with Crippen molar-refractivity contribution >= 4 is 8.80 Å². The average molecular weight is 490 g/mol. The molecule has 0 saturated carbocycles. The van der Waals surface area contributed by atoms with E-state index in [0.717, 1.165) is 0 Å². The van der Waals surface area contributed by atoms with Crippen LogP contribution in [0.5, 0.6) is 0 Å². The van der Waals surface area contributed by atoms with Crippen molar-refractivity contribution < 1.29 is 79.1 Å². The Morgan fingerprint density at radius 1 is 0.414 bits per heavy atom. The molecular formula is C10H9F15O3Si. The lowest BCUT2D eigenvalue weighted by Gasteiger charge is -2.43. The molecule has 0 aliphatic heterocycles. The highest BCUT2D eigenvalue weighted by molar-refractivity contribution is 6.63. The standard InChI is InChI=1S/C10H9F15O3Si/c1-26-29(27-2,28-3)10(24,25)8(19,20)6(15,16)4(11,12)5(13,14)7(17,18)9(21,22)23/h1-3H3. The minimum atomic E-state index is -8.37. The van der Waals surface area contributed by atoms with Crippen LogP contribution in [0.15, 0.2) is 0 Å². The van der Waals surface area contributed by atoms with Crippen LogP contribution < -0.4 is 0 Å². The predicted molar refractivity (Wildman–Crippen MR) is 62.5 cm³/mol. The maximum absolute atomic E-state index is 13.9. The fourth-order valence-electron chi connectivity index (χ4n) is 1.79. The first-order chi connectivity index (χ1) is 12.4. The Labute approximate surface area is 152 Å². The molecule has 3 nitrogen and oxygen atoms in total. The van der Waals surface area contributed by atoms with Crippen LogP contribution in [0.4, 0.5) is 65.9 Å².